The summed E-state index contributed by atoms with van der Waals surface area (Å²) in [5.74, 6) is 1.13. The number of carbonyl (C=O) groups excluding carboxylic acids is 1. The molecule has 0 aliphatic carbocycles. The van der Waals surface area contributed by atoms with Gasteiger partial charge in [-0.05, 0) is 49.2 Å². The van der Waals surface area contributed by atoms with E-state index in [1.165, 1.54) is 0 Å². The Labute approximate surface area is 148 Å². The molecular weight excluding hydrogens is 328 g/mol. The Kier molecular flexibility index (Phi) is 6.92. The number of anilines is 1. The summed E-state index contributed by atoms with van der Waals surface area (Å²) in [5.41, 5.74) is 8.73. The van der Waals surface area contributed by atoms with Gasteiger partial charge < -0.3 is 20.5 Å². The highest BCUT2D eigenvalue weighted by Crippen LogP contribution is 2.30. The van der Waals surface area contributed by atoms with Crippen LogP contribution in [0.25, 0.3) is 0 Å². The molecule has 0 bridgehead atoms. The molecule has 5 nitrogen and oxygen atoms in total. The van der Waals surface area contributed by atoms with Crippen LogP contribution in [0.4, 0.5) is 5.69 Å². The van der Waals surface area contributed by atoms with Crippen LogP contribution in [0.2, 0.25) is 0 Å². The van der Waals surface area contributed by atoms with Gasteiger partial charge in [0.15, 0.2) is 11.5 Å². The zero-order valence-electron chi connectivity index (χ0n) is 14.3. The number of rotatable bonds is 5. The van der Waals surface area contributed by atoms with Gasteiger partial charge in [0, 0.05) is 11.3 Å². The van der Waals surface area contributed by atoms with Crippen molar-refractivity contribution in [3.05, 3.63) is 53.1 Å². The van der Waals surface area contributed by atoms with Crippen molar-refractivity contribution in [2.45, 2.75) is 19.9 Å². The van der Waals surface area contributed by atoms with Crippen molar-refractivity contribution >= 4 is 24.0 Å². The highest BCUT2D eigenvalue weighted by atomic mass is 35.5. The van der Waals surface area contributed by atoms with E-state index in [4.69, 9.17) is 15.2 Å². The van der Waals surface area contributed by atoms with Crippen LogP contribution in [0.3, 0.4) is 0 Å². The summed E-state index contributed by atoms with van der Waals surface area (Å²) in [6, 6.07) is 10.7. The summed E-state index contributed by atoms with van der Waals surface area (Å²) in [6.45, 7) is 3.80. The fourth-order valence-electron chi connectivity index (χ4n) is 2.36. The number of hydrogen-bond donors (Lipinski definition) is 2. The second-order valence-electron chi connectivity index (χ2n) is 5.38. The van der Waals surface area contributed by atoms with Crippen molar-refractivity contribution in [3.8, 4) is 11.5 Å². The molecule has 0 spiro atoms. The van der Waals surface area contributed by atoms with Crippen LogP contribution in [0.5, 0.6) is 11.5 Å². The zero-order valence-corrected chi connectivity index (χ0v) is 15.1. The molecule has 2 aromatic rings. The molecule has 130 valence electrons. The summed E-state index contributed by atoms with van der Waals surface area (Å²) < 4.78 is 10.5. The van der Waals surface area contributed by atoms with Crippen LogP contribution in [-0.4, -0.2) is 20.1 Å². The van der Waals surface area contributed by atoms with E-state index in [1.54, 1.807) is 26.4 Å². The van der Waals surface area contributed by atoms with Crippen LogP contribution >= 0.6 is 12.4 Å². The average molecular weight is 351 g/mol. The second kappa shape index (κ2) is 8.45. The molecule has 0 radical (unpaired) electrons. The monoisotopic (exact) mass is 350 g/mol. The zero-order chi connectivity index (χ0) is 17.0. The van der Waals surface area contributed by atoms with Crippen molar-refractivity contribution in [3.63, 3.8) is 0 Å². The van der Waals surface area contributed by atoms with Crippen molar-refractivity contribution < 1.29 is 14.3 Å². The lowest BCUT2D eigenvalue weighted by Crippen LogP contribution is -2.27. The summed E-state index contributed by atoms with van der Waals surface area (Å²) in [5, 5.41) is 2.98. The molecule has 0 aliphatic heterocycles. The summed E-state index contributed by atoms with van der Waals surface area (Å²) in [7, 11) is 3.17. The number of halogens is 1. The Morgan fingerprint density at radius 2 is 1.75 bits per heavy atom. The summed E-state index contributed by atoms with van der Waals surface area (Å²) in [4.78, 5) is 12.5. The third-order valence-electron chi connectivity index (χ3n) is 3.76. The largest absolute Gasteiger partial charge is 0.493 e. The van der Waals surface area contributed by atoms with Crippen LogP contribution in [0.1, 0.15) is 34.5 Å². The number of amides is 1. The molecule has 1 amide bonds. The van der Waals surface area contributed by atoms with E-state index in [2.05, 4.69) is 5.32 Å². The first-order chi connectivity index (χ1) is 11.0. The van der Waals surface area contributed by atoms with E-state index in [9.17, 15) is 4.79 Å². The van der Waals surface area contributed by atoms with E-state index in [0.29, 0.717) is 22.7 Å². The first kappa shape index (κ1) is 19.6. The standard InChI is InChI=1S/C18H22N2O3.ClH/c1-11-5-7-14(19)10-15(11)18(21)20-12(2)13-6-8-16(22-3)17(9-13)23-4;/h5-10,12H,19H2,1-4H3,(H,20,21);1H. The Bertz CT molecular complexity index is 719. The Morgan fingerprint density at radius 3 is 2.38 bits per heavy atom. The van der Waals surface area contributed by atoms with E-state index in [0.717, 1.165) is 11.1 Å². The fraction of sp³-hybridized carbons (Fsp3) is 0.278. The minimum absolute atomic E-state index is 0. The third kappa shape index (κ3) is 4.32. The number of hydrogen-bond acceptors (Lipinski definition) is 4. The number of nitrogen functional groups attached to an aromatic ring is 1. The van der Waals surface area contributed by atoms with Crippen LogP contribution in [-0.2, 0) is 0 Å². The topological polar surface area (TPSA) is 73.6 Å². The van der Waals surface area contributed by atoms with Gasteiger partial charge in [-0.2, -0.15) is 0 Å². The van der Waals surface area contributed by atoms with Gasteiger partial charge in [0.05, 0.1) is 20.3 Å². The van der Waals surface area contributed by atoms with E-state index in [-0.39, 0.29) is 24.4 Å². The highest BCUT2D eigenvalue weighted by molar-refractivity contribution is 5.96. The van der Waals surface area contributed by atoms with Gasteiger partial charge in [-0.1, -0.05) is 12.1 Å². The van der Waals surface area contributed by atoms with Crippen molar-refractivity contribution in [1.29, 1.82) is 0 Å². The van der Waals surface area contributed by atoms with Crippen LogP contribution in [0, 0.1) is 6.92 Å². The molecular formula is C18H23ClN2O3. The first-order valence-electron chi connectivity index (χ1n) is 7.35. The number of nitrogens with two attached hydrogens (primary N) is 1. The van der Waals surface area contributed by atoms with Gasteiger partial charge in [0.2, 0.25) is 0 Å². The predicted molar refractivity (Wildman–Crippen MR) is 98.3 cm³/mol. The molecule has 0 saturated heterocycles. The number of nitrogens with one attached hydrogen (secondary N) is 1. The van der Waals surface area contributed by atoms with Crippen LogP contribution in [0.15, 0.2) is 36.4 Å². The molecule has 0 aliphatic rings. The molecule has 2 aromatic carbocycles. The SMILES string of the molecule is COc1ccc(C(C)NC(=O)c2cc(N)ccc2C)cc1OC.Cl. The minimum Gasteiger partial charge on any atom is -0.493 e. The molecule has 3 N–H and O–H groups in total. The van der Waals surface area contributed by atoms with Gasteiger partial charge in [-0.3, -0.25) is 4.79 Å². The van der Waals surface area contributed by atoms with Crippen LogP contribution < -0.4 is 20.5 Å². The van der Waals surface area contributed by atoms with Gasteiger partial charge in [0.25, 0.3) is 5.91 Å². The number of ether oxygens (including phenoxy) is 2. The molecule has 1 unspecified atom stereocenters. The predicted octanol–water partition coefficient (Wildman–Crippen LogP) is 3.51. The first-order valence-corrected chi connectivity index (χ1v) is 7.35. The Morgan fingerprint density at radius 1 is 1.08 bits per heavy atom. The van der Waals surface area contributed by atoms with Crippen molar-refractivity contribution in [1.82, 2.24) is 5.32 Å². The normalized spacial score (nSPS) is 11.2. The van der Waals surface area contributed by atoms with Gasteiger partial charge in [-0.25, -0.2) is 0 Å². The molecule has 2 rings (SSSR count). The van der Waals surface area contributed by atoms with Crippen molar-refractivity contribution in [2.24, 2.45) is 0 Å². The molecule has 0 fully saturated rings. The molecule has 6 heteroatoms. The summed E-state index contributed by atoms with van der Waals surface area (Å²) in [6.07, 6.45) is 0. The second-order valence-corrected chi connectivity index (χ2v) is 5.38. The smallest absolute Gasteiger partial charge is 0.252 e. The number of carbonyl (C=O) groups is 1. The third-order valence-corrected chi connectivity index (χ3v) is 3.76. The van der Waals surface area contributed by atoms with E-state index < -0.39 is 0 Å². The number of benzene rings is 2. The Hall–Kier alpha value is -2.40. The average Bonchev–Trinajstić information content (AvgIpc) is 2.56. The van der Waals surface area contributed by atoms with E-state index >= 15 is 0 Å². The van der Waals surface area contributed by atoms with Gasteiger partial charge in [0.1, 0.15) is 0 Å². The molecule has 0 saturated carbocycles. The maximum Gasteiger partial charge on any atom is 0.252 e. The summed E-state index contributed by atoms with van der Waals surface area (Å²) >= 11 is 0. The Balaban J connectivity index is 0.00000288. The lowest BCUT2D eigenvalue weighted by Gasteiger charge is -2.17. The number of methoxy groups -OCH3 is 2. The maximum absolute atomic E-state index is 12.5. The van der Waals surface area contributed by atoms with Gasteiger partial charge >= 0.3 is 0 Å². The maximum atomic E-state index is 12.5. The molecule has 24 heavy (non-hydrogen) atoms. The van der Waals surface area contributed by atoms with E-state index in [1.807, 2.05) is 38.1 Å². The minimum atomic E-state index is -0.178. The highest BCUT2D eigenvalue weighted by Gasteiger charge is 2.15. The molecule has 1 atom stereocenters. The quantitative estimate of drug-likeness (QED) is 0.809. The van der Waals surface area contributed by atoms with Gasteiger partial charge in [-0.15, -0.1) is 12.4 Å². The molecule has 0 aromatic heterocycles. The fourth-order valence-corrected chi connectivity index (χ4v) is 2.36. The molecule has 0 heterocycles. The number of aryl methyl sites for hydroxylation is 1. The lowest BCUT2D eigenvalue weighted by atomic mass is 10.0. The van der Waals surface area contributed by atoms with Crippen molar-refractivity contribution in [2.75, 3.05) is 20.0 Å². The lowest BCUT2D eigenvalue weighted by molar-refractivity contribution is 0.0939.